The largest absolute Gasteiger partial charge is 0.373 e. The van der Waals surface area contributed by atoms with E-state index >= 15 is 0 Å². The summed E-state index contributed by atoms with van der Waals surface area (Å²) in [6.07, 6.45) is 3.92. The van der Waals surface area contributed by atoms with Crippen LogP contribution in [0, 0.1) is 5.92 Å². The van der Waals surface area contributed by atoms with Crippen LogP contribution in [0.1, 0.15) is 53.9 Å². The Morgan fingerprint density at radius 3 is 2.30 bits per heavy atom. The van der Waals surface area contributed by atoms with Gasteiger partial charge in [0.2, 0.25) is 0 Å². The van der Waals surface area contributed by atoms with Crippen molar-refractivity contribution in [1.82, 2.24) is 9.80 Å². The normalized spacial score (nSPS) is 23.7. The van der Waals surface area contributed by atoms with E-state index in [0.29, 0.717) is 0 Å². The Labute approximate surface area is 126 Å². The van der Waals surface area contributed by atoms with E-state index in [1.165, 1.54) is 38.9 Å². The number of hydrogen-bond acceptors (Lipinski definition) is 3. The van der Waals surface area contributed by atoms with E-state index in [1.54, 1.807) is 0 Å². The molecule has 20 heavy (non-hydrogen) atoms. The van der Waals surface area contributed by atoms with Gasteiger partial charge in [-0.05, 0) is 65.2 Å². The molecule has 1 saturated heterocycles. The third-order valence-corrected chi connectivity index (χ3v) is 4.17. The van der Waals surface area contributed by atoms with Crippen LogP contribution in [0.4, 0.5) is 0 Å². The van der Waals surface area contributed by atoms with Crippen LogP contribution in [0.25, 0.3) is 0 Å². The smallest absolute Gasteiger partial charge is 0.0753 e. The van der Waals surface area contributed by atoms with Crippen molar-refractivity contribution in [2.45, 2.75) is 59.5 Å². The van der Waals surface area contributed by atoms with Crippen molar-refractivity contribution in [2.24, 2.45) is 5.92 Å². The fourth-order valence-corrected chi connectivity index (χ4v) is 2.83. The van der Waals surface area contributed by atoms with Gasteiger partial charge in [0.05, 0.1) is 12.2 Å². The van der Waals surface area contributed by atoms with Crippen molar-refractivity contribution in [3.05, 3.63) is 0 Å². The van der Waals surface area contributed by atoms with E-state index in [1.807, 2.05) is 0 Å². The predicted molar refractivity (Wildman–Crippen MR) is 87.3 cm³/mol. The van der Waals surface area contributed by atoms with Crippen molar-refractivity contribution in [3.63, 3.8) is 0 Å². The minimum atomic E-state index is -0.0237. The van der Waals surface area contributed by atoms with Crippen LogP contribution < -0.4 is 0 Å². The topological polar surface area (TPSA) is 15.7 Å². The van der Waals surface area contributed by atoms with Crippen molar-refractivity contribution < 1.29 is 4.74 Å². The third kappa shape index (κ3) is 7.61. The molecule has 1 heterocycles. The van der Waals surface area contributed by atoms with Crippen LogP contribution in [-0.2, 0) is 4.74 Å². The van der Waals surface area contributed by atoms with Gasteiger partial charge in [0.1, 0.15) is 0 Å². The summed E-state index contributed by atoms with van der Waals surface area (Å²) in [4.78, 5) is 5.13. The lowest BCUT2D eigenvalue weighted by atomic mass is 10.1. The number of nitrogens with zero attached hydrogens (tertiary/aromatic N) is 2. The lowest BCUT2D eigenvalue weighted by Gasteiger charge is -2.32. The molecule has 0 N–H and O–H groups in total. The number of rotatable bonds is 4. The minimum absolute atomic E-state index is 0.0237. The first kappa shape index (κ1) is 17.9. The Morgan fingerprint density at radius 1 is 1.05 bits per heavy atom. The molecule has 0 unspecified atom stereocenters. The Bertz CT molecular complexity index is 253. The Kier molecular flexibility index (Phi) is 8.08. The summed E-state index contributed by atoms with van der Waals surface area (Å²) in [7, 11) is 0. The summed E-state index contributed by atoms with van der Waals surface area (Å²) >= 11 is 0. The van der Waals surface area contributed by atoms with Gasteiger partial charge in [-0.15, -0.1) is 0 Å². The summed E-state index contributed by atoms with van der Waals surface area (Å²) in [5.41, 5.74) is -0.0237. The highest BCUT2D eigenvalue weighted by Crippen LogP contribution is 2.14. The quantitative estimate of drug-likeness (QED) is 0.788. The predicted octanol–water partition coefficient (Wildman–Crippen LogP) is 3.25. The van der Waals surface area contributed by atoms with Gasteiger partial charge in [-0.1, -0.05) is 20.8 Å². The number of likely N-dealkylation sites (N-methyl/N-ethyl adjacent to an activating group) is 1. The van der Waals surface area contributed by atoms with Gasteiger partial charge in [-0.2, -0.15) is 0 Å². The van der Waals surface area contributed by atoms with E-state index in [9.17, 15) is 0 Å². The number of hydrogen-bond donors (Lipinski definition) is 0. The molecular formula is C17H36N2O. The van der Waals surface area contributed by atoms with Gasteiger partial charge in [-0.25, -0.2) is 0 Å². The first-order valence-electron chi connectivity index (χ1n) is 8.51. The standard InChI is InChI=1S/C17H36N2O/c1-6-18-10-7-8-11-19(12-9-16(2)3)13-14-20-17(4,5)15-18/h16H,6-15H2,1-5H3. The summed E-state index contributed by atoms with van der Waals surface area (Å²) in [6, 6.07) is 0. The lowest BCUT2D eigenvalue weighted by Crippen LogP contribution is -2.42. The highest BCUT2D eigenvalue weighted by Gasteiger charge is 2.22. The fourth-order valence-electron chi connectivity index (χ4n) is 2.83. The van der Waals surface area contributed by atoms with E-state index in [4.69, 9.17) is 4.74 Å². The second-order valence-electron chi connectivity index (χ2n) is 7.21. The highest BCUT2D eigenvalue weighted by molar-refractivity contribution is 4.75. The molecule has 1 rings (SSSR count). The van der Waals surface area contributed by atoms with Crippen LogP contribution in [0.15, 0.2) is 0 Å². The molecule has 0 aromatic carbocycles. The van der Waals surface area contributed by atoms with E-state index in [0.717, 1.165) is 32.2 Å². The van der Waals surface area contributed by atoms with Crippen LogP contribution >= 0.6 is 0 Å². The molecule has 0 aliphatic carbocycles. The average Bonchev–Trinajstić information content (AvgIpc) is 2.40. The maximum atomic E-state index is 6.15. The minimum Gasteiger partial charge on any atom is -0.373 e. The van der Waals surface area contributed by atoms with Gasteiger partial charge in [-0.3, -0.25) is 0 Å². The van der Waals surface area contributed by atoms with Gasteiger partial charge in [0.15, 0.2) is 0 Å². The molecule has 120 valence electrons. The van der Waals surface area contributed by atoms with Crippen LogP contribution in [0.3, 0.4) is 0 Å². The molecular weight excluding hydrogens is 248 g/mol. The number of ether oxygens (including phenoxy) is 1. The molecule has 3 nitrogen and oxygen atoms in total. The summed E-state index contributed by atoms with van der Waals surface area (Å²) < 4.78 is 6.15. The summed E-state index contributed by atoms with van der Waals surface area (Å²) in [5, 5.41) is 0. The molecule has 0 amide bonds. The van der Waals surface area contributed by atoms with Gasteiger partial charge >= 0.3 is 0 Å². The van der Waals surface area contributed by atoms with Gasteiger partial charge in [0, 0.05) is 13.1 Å². The molecule has 0 radical (unpaired) electrons. The van der Waals surface area contributed by atoms with Crippen LogP contribution in [0.5, 0.6) is 0 Å². The Hall–Kier alpha value is -0.120. The van der Waals surface area contributed by atoms with E-state index < -0.39 is 0 Å². The van der Waals surface area contributed by atoms with Crippen LogP contribution in [-0.4, -0.2) is 61.3 Å². The van der Waals surface area contributed by atoms with Crippen molar-refractivity contribution in [2.75, 3.05) is 45.9 Å². The first-order chi connectivity index (χ1) is 9.43. The molecule has 0 saturated carbocycles. The Balaban J connectivity index is 2.50. The van der Waals surface area contributed by atoms with Crippen molar-refractivity contribution in [3.8, 4) is 0 Å². The molecule has 0 atom stereocenters. The molecule has 1 aliphatic heterocycles. The summed E-state index contributed by atoms with van der Waals surface area (Å²) in [5.74, 6) is 0.793. The Morgan fingerprint density at radius 2 is 1.70 bits per heavy atom. The zero-order valence-electron chi connectivity index (χ0n) is 14.5. The molecule has 0 aromatic heterocycles. The van der Waals surface area contributed by atoms with Gasteiger partial charge < -0.3 is 14.5 Å². The second-order valence-corrected chi connectivity index (χ2v) is 7.21. The first-order valence-corrected chi connectivity index (χ1v) is 8.51. The van der Waals surface area contributed by atoms with Gasteiger partial charge in [0.25, 0.3) is 0 Å². The molecule has 0 spiro atoms. The van der Waals surface area contributed by atoms with Crippen LogP contribution in [0.2, 0.25) is 0 Å². The SMILES string of the molecule is CCN1CCCCN(CCC(C)C)CCOC(C)(C)C1. The maximum Gasteiger partial charge on any atom is 0.0753 e. The van der Waals surface area contributed by atoms with Crippen molar-refractivity contribution >= 4 is 0 Å². The average molecular weight is 284 g/mol. The fraction of sp³-hybridized carbons (Fsp3) is 1.00. The zero-order chi connectivity index (χ0) is 15.0. The molecule has 3 heteroatoms. The molecule has 1 fully saturated rings. The lowest BCUT2D eigenvalue weighted by molar-refractivity contribution is -0.0443. The molecule has 0 aromatic rings. The highest BCUT2D eigenvalue weighted by atomic mass is 16.5. The zero-order valence-corrected chi connectivity index (χ0v) is 14.5. The second kappa shape index (κ2) is 9.01. The molecule has 0 bridgehead atoms. The maximum absolute atomic E-state index is 6.15. The van der Waals surface area contributed by atoms with E-state index in [2.05, 4.69) is 44.4 Å². The summed E-state index contributed by atoms with van der Waals surface area (Å²) in [6.45, 7) is 19.1. The van der Waals surface area contributed by atoms with Crippen molar-refractivity contribution in [1.29, 1.82) is 0 Å². The van der Waals surface area contributed by atoms with E-state index in [-0.39, 0.29) is 5.60 Å². The monoisotopic (exact) mass is 284 g/mol. The molecule has 1 aliphatic rings. The third-order valence-electron chi connectivity index (χ3n) is 4.17.